The molecule has 0 spiro atoms. The molecule has 0 N–H and O–H groups in total. The van der Waals surface area contributed by atoms with Crippen molar-refractivity contribution in [1.29, 1.82) is 0 Å². The van der Waals surface area contributed by atoms with Crippen molar-refractivity contribution in [2.24, 2.45) is 0 Å². The third kappa shape index (κ3) is 6.24. The van der Waals surface area contributed by atoms with E-state index in [1.165, 1.54) is 0 Å². The van der Waals surface area contributed by atoms with Crippen LogP contribution >= 0.6 is 11.3 Å². The van der Waals surface area contributed by atoms with E-state index in [2.05, 4.69) is 11.8 Å². The lowest BCUT2D eigenvalue weighted by atomic mass is 10.1. The summed E-state index contributed by atoms with van der Waals surface area (Å²) in [5.74, 6) is 0.100. The Bertz CT molecular complexity index is 843. The van der Waals surface area contributed by atoms with Gasteiger partial charge in [0.2, 0.25) is 5.91 Å². The van der Waals surface area contributed by atoms with Gasteiger partial charge in [-0.2, -0.15) is 0 Å². The summed E-state index contributed by atoms with van der Waals surface area (Å²) < 4.78 is 5.44. The van der Waals surface area contributed by atoms with Crippen LogP contribution in [0.2, 0.25) is 0 Å². The van der Waals surface area contributed by atoms with Crippen molar-refractivity contribution in [3.05, 3.63) is 57.3 Å². The molecule has 0 radical (unpaired) electrons. The van der Waals surface area contributed by atoms with Crippen LogP contribution in [0.3, 0.4) is 0 Å². The van der Waals surface area contributed by atoms with Crippen molar-refractivity contribution in [3.63, 3.8) is 0 Å². The molecule has 1 aromatic carbocycles. The minimum absolute atomic E-state index is 0.0394. The maximum atomic E-state index is 13.2. The molecule has 30 heavy (non-hydrogen) atoms. The topological polar surface area (TPSA) is 49.9 Å². The van der Waals surface area contributed by atoms with Crippen LogP contribution in [-0.2, 0) is 16.1 Å². The van der Waals surface area contributed by atoms with E-state index in [0.29, 0.717) is 6.54 Å². The zero-order valence-corrected chi connectivity index (χ0v) is 19.0. The molecule has 0 bridgehead atoms. The number of ketones is 1. The molecule has 1 atom stereocenters. The van der Waals surface area contributed by atoms with Gasteiger partial charge in [-0.05, 0) is 32.4 Å². The van der Waals surface area contributed by atoms with Crippen molar-refractivity contribution >= 4 is 23.0 Å². The molecule has 1 unspecified atom stereocenters. The number of amides is 1. The summed E-state index contributed by atoms with van der Waals surface area (Å²) in [7, 11) is 0. The van der Waals surface area contributed by atoms with Crippen molar-refractivity contribution in [3.8, 4) is 0 Å². The van der Waals surface area contributed by atoms with E-state index in [1.54, 1.807) is 11.3 Å². The highest BCUT2D eigenvalue weighted by atomic mass is 32.1. The van der Waals surface area contributed by atoms with Crippen LogP contribution in [0.25, 0.3) is 0 Å². The summed E-state index contributed by atoms with van der Waals surface area (Å²) in [4.78, 5) is 32.3. The Balaban J connectivity index is 1.65. The van der Waals surface area contributed by atoms with Gasteiger partial charge < -0.3 is 9.64 Å². The minimum Gasteiger partial charge on any atom is -0.379 e. The van der Waals surface area contributed by atoms with Crippen molar-refractivity contribution in [2.75, 3.05) is 32.8 Å². The first-order chi connectivity index (χ1) is 14.4. The van der Waals surface area contributed by atoms with Gasteiger partial charge in [-0.15, -0.1) is 11.3 Å². The smallest absolute Gasteiger partial charge is 0.223 e. The second-order valence-electron chi connectivity index (χ2n) is 8.02. The molecular weight excluding hydrogens is 396 g/mol. The normalized spacial score (nSPS) is 15.7. The van der Waals surface area contributed by atoms with E-state index in [1.807, 2.05) is 55.1 Å². The second kappa shape index (κ2) is 10.8. The summed E-state index contributed by atoms with van der Waals surface area (Å²) in [6, 6.07) is 12.1. The van der Waals surface area contributed by atoms with E-state index < -0.39 is 0 Å². The number of rotatable bonds is 9. The molecule has 1 aromatic heterocycles. The van der Waals surface area contributed by atoms with Gasteiger partial charge in [0, 0.05) is 60.4 Å². The molecule has 1 aliphatic heterocycles. The average Bonchev–Trinajstić information content (AvgIpc) is 3.09. The lowest BCUT2D eigenvalue weighted by Crippen LogP contribution is -2.48. The van der Waals surface area contributed by atoms with Gasteiger partial charge >= 0.3 is 0 Å². The number of hydrogen-bond donors (Lipinski definition) is 0. The van der Waals surface area contributed by atoms with Crippen molar-refractivity contribution in [2.45, 2.75) is 46.2 Å². The van der Waals surface area contributed by atoms with Gasteiger partial charge in [-0.3, -0.25) is 14.5 Å². The summed E-state index contributed by atoms with van der Waals surface area (Å²) in [5.41, 5.74) is 1.87. The highest BCUT2D eigenvalue weighted by molar-refractivity contribution is 7.12. The van der Waals surface area contributed by atoms with Gasteiger partial charge in [0.15, 0.2) is 5.78 Å². The number of aryl methyl sites for hydroxylation is 2. The van der Waals surface area contributed by atoms with Crippen molar-refractivity contribution < 1.29 is 14.3 Å². The van der Waals surface area contributed by atoms with E-state index in [4.69, 9.17) is 4.74 Å². The zero-order valence-electron chi connectivity index (χ0n) is 18.2. The fourth-order valence-corrected chi connectivity index (χ4v) is 4.87. The predicted octanol–water partition coefficient (Wildman–Crippen LogP) is 4.08. The van der Waals surface area contributed by atoms with Gasteiger partial charge in [0.1, 0.15) is 0 Å². The van der Waals surface area contributed by atoms with Crippen LogP contribution < -0.4 is 0 Å². The monoisotopic (exact) mass is 428 g/mol. The van der Waals surface area contributed by atoms with Gasteiger partial charge in [0.25, 0.3) is 0 Å². The molecule has 0 saturated carbocycles. The van der Waals surface area contributed by atoms with Gasteiger partial charge in [0.05, 0.1) is 13.2 Å². The summed E-state index contributed by atoms with van der Waals surface area (Å²) in [5, 5.41) is 0. The van der Waals surface area contributed by atoms with Crippen LogP contribution in [0.5, 0.6) is 0 Å². The van der Waals surface area contributed by atoms with Gasteiger partial charge in [-0.1, -0.05) is 30.3 Å². The van der Waals surface area contributed by atoms with Crippen LogP contribution in [0, 0.1) is 13.8 Å². The molecule has 2 heterocycles. The molecule has 1 amide bonds. The molecule has 1 fully saturated rings. The van der Waals surface area contributed by atoms with E-state index in [0.717, 1.165) is 53.7 Å². The molecule has 6 heteroatoms. The fourth-order valence-electron chi connectivity index (χ4n) is 3.93. The third-order valence-electron chi connectivity index (χ3n) is 5.58. The lowest BCUT2D eigenvalue weighted by Gasteiger charge is -2.35. The molecule has 5 nitrogen and oxygen atoms in total. The Labute approximate surface area is 183 Å². The Kier molecular flexibility index (Phi) is 8.19. The van der Waals surface area contributed by atoms with Crippen LogP contribution in [0.1, 0.15) is 45.4 Å². The Morgan fingerprint density at radius 3 is 2.47 bits per heavy atom. The maximum absolute atomic E-state index is 13.2. The number of ether oxygens (including phenoxy) is 1. The van der Waals surface area contributed by atoms with E-state index in [-0.39, 0.29) is 30.6 Å². The predicted molar refractivity (Wildman–Crippen MR) is 121 cm³/mol. The van der Waals surface area contributed by atoms with Crippen molar-refractivity contribution in [1.82, 2.24) is 9.80 Å². The first-order valence-corrected chi connectivity index (χ1v) is 11.5. The molecule has 0 aliphatic carbocycles. The van der Waals surface area contributed by atoms with Crippen LogP contribution in [-0.4, -0.2) is 60.4 Å². The average molecular weight is 429 g/mol. The SMILES string of the molecule is Cc1cc(C(=O)CCC(=O)N(Cc2ccccc2)C(C)CN2CCOCC2)c(C)s1. The minimum atomic E-state index is 0.0394. The Morgan fingerprint density at radius 2 is 1.83 bits per heavy atom. The quantitative estimate of drug-likeness (QED) is 0.565. The van der Waals surface area contributed by atoms with Crippen LogP contribution in [0.4, 0.5) is 0 Å². The number of carbonyl (C=O) groups excluding carboxylic acids is 2. The molecule has 3 rings (SSSR count). The molecule has 1 saturated heterocycles. The Hall–Kier alpha value is -2.02. The highest BCUT2D eigenvalue weighted by Gasteiger charge is 2.24. The number of hydrogen-bond acceptors (Lipinski definition) is 5. The number of carbonyl (C=O) groups is 2. The molecule has 2 aromatic rings. The summed E-state index contributed by atoms with van der Waals surface area (Å²) in [6.45, 7) is 10.7. The second-order valence-corrected chi connectivity index (χ2v) is 9.48. The van der Waals surface area contributed by atoms with E-state index >= 15 is 0 Å². The first kappa shape index (κ1) is 22.7. The molecule has 162 valence electrons. The summed E-state index contributed by atoms with van der Waals surface area (Å²) in [6.07, 6.45) is 0.499. The van der Waals surface area contributed by atoms with Gasteiger partial charge in [-0.25, -0.2) is 0 Å². The lowest BCUT2D eigenvalue weighted by molar-refractivity contribution is -0.134. The largest absolute Gasteiger partial charge is 0.379 e. The number of morpholine rings is 1. The standard InChI is InChI=1S/C24H32N2O3S/c1-18(16-25-11-13-29-14-12-25)26(17-21-7-5-4-6-8-21)24(28)10-9-23(27)22-15-19(2)30-20(22)3/h4-8,15,18H,9-14,16-17H2,1-3H3. The number of benzene rings is 1. The molecular formula is C24H32N2O3S. The maximum Gasteiger partial charge on any atom is 0.223 e. The van der Waals surface area contributed by atoms with Crippen LogP contribution in [0.15, 0.2) is 36.4 Å². The first-order valence-electron chi connectivity index (χ1n) is 10.7. The number of thiophene rings is 1. The Morgan fingerprint density at radius 1 is 1.13 bits per heavy atom. The molecule has 1 aliphatic rings. The zero-order chi connectivity index (χ0) is 21.5. The third-order valence-corrected chi connectivity index (χ3v) is 6.55. The number of nitrogens with zero attached hydrogens (tertiary/aromatic N) is 2. The number of Topliss-reactive ketones (excluding diaryl/α,β-unsaturated/α-hetero) is 1. The highest BCUT2D eigenvalue weighted by Crippen LogP contribution is 2.23. The van der Waals surface area contributed by atoms with E-state index in [9.17, 15) is 9.59 Å². The summed E-state index contributed by atoms with van der Waals surface area (Å²) >= 11 is 1.63. The fraction of sp³-hybridized carbons (Fsp3) is 0.500.